The minimum Gasteiger partial charge on any atom is -0.503 e. The molecule has 6 nitrogen and oxygen atoms in total. The molecule has 0 saturated carbocycles. The van der Waals surface area contributed by atoms with E-state index in [0.717, 1.165) is 33.9 Å². The third-order valence-corrected chi connectivity index (χ3v) is 6.79. The normalized spacial score (nSPS) is 19.3. The number of ketones is 1. The smallest absolute Gasteiger partial charge is 0.176 e. The van der Waals surface area contributed by atoms with Crippen LogP contribution < -0.4 is 20.1 Å². The van der Waals surface area contributed by atoms with Gasteiger partial charge in [0.2, 0.25) is 0 Å². The number of hydrogen-bond acceptors (Lipinski definition) is 6. The van der Waals surface area contributed by atoms with Crippen LogP contribution in [0.25, 0.3) is 0 Å². The highest BCUT2D eigenvalue weighted by molar-refractivity contribution is 6.32. The van der Waals surface area contributed by atoms with Crippen LogP contribution in [0, 0.1) is 0 Å². The molecule has 0 radical (unpaired) electrons. The molecule has 2 unspecified atom stereocenters. The lowest BCUT2D eigenvalue weighted by Crippen LogP contribution is -2.27. The molecule has 0 amide bonds. The fourth-order valence-electron chi connectivity index (χ4n) is 4.77. The predicted molar refractivity (Wildman–Crippen MR) is 133 cm³/mol. The second-order valence-corrected chi connectivity index (χ2v) is 8.90. The van der Waals surface area contributed by atoms with Crippen molar-refractivity contribution in [2.75, 3.05) is 24.9 Å². The molecule has 174 valence electrons. The van der Waals surface area contributed by atoms with Crippen LogP contribution >= 0.6 is 11.6 Å². The third kappa shape index (κ3) is 3.94. The fourth-order valence-corrected chi connectivity index (χ4v) is 4.99. The summed E-state index contributed by atoms with van der Waals surface area (Å²) in [6, 6.07) is 18.7. The number of aromatic hydroxyl groups is 1. The van der Waals surface area contributed by atoms with Crippen molar-refractivity contribution in [3.63, 3.8) is 0 Å². The van der Waals surface area contributed by atoms with Gasteiger partial charge in [-0.1, -0.05) is 35.9 Å². The van der Waals surface area contributed by atoms with Gasteiger partial charge in [-0.2, -0.15) is 0 Å². The zero-order valence-electron chi connectivity index (χ0n) is 18.9. The van der Waals surface area contributed by atoms with Crippen molar-refractivity contribution in [1.29, 1.82) is 0 Å². The number of rotatable bonds is 4. The molecule has 1 aliphatic heterocycles. The molecule has 2 atom stereocenters. The Morgan fingerprint density at radius 3 is 2.38 bits per heavy atom. The maximum Gasteiger partial charge on any atom is 0.176 e. The Morgan fingerprint density at radius 1 is 0.941 bits per heavy atom. The van der Waals surface area contributed by atoms with Gasteiger partial charge in [0.15, 0.2) is 17.3 Å². The van der Waals surface area contributed by atoms with Gasteiger partial charge in [-0.25, -0.2) is 0 Å². The van der Waals surface area contributed by atoms with Crippen molar-refractivity contribution in [1.82, 2.24) is 0 Å². The highest BCUT2D eigenvalue weighted by Crippen LogP contribution is 2.46. The molecule has 3 N–H and O–H groups in total. The van der Waals surface area contributed by atoms with Crippen molar-refractivity contribution in [3.8, 4) is 17.2 Å². The van der Waals surface area contributed by atoms with E-state index >= 15 is 0 Å². The van der Waals surface area contributed by atoms with Gasteiger partial charge in [0.05, 0.1) is 36.7 Å². The van der Waals surface area contributed by atoms with E-state index in [1.54, 1.807) is 19.2 Å². The van der Waals surface area contributed by atoms with Crippen molar-refractivity contribution < 1.29 is 19.4 Å². The van der Waals surface area contributed by atoms with Crippen LogP contribution in [0.3, 0.4) is 0 Å². The van der Waals surface area contributed by atoms with Gasteiger partial charge in [-0.3, -0.25) is 4.79 Å². The molecule has 0 saturated heterocycles. The van der Waals surface area contributed by atoms with Gasteiger partial charge in [0.1, 0.15) is 5.75 Å². The van der Waals surface area contributed by atoms with Gasteiger partial charge in [0, 0.05) is 17.7 Å². The quantitative estimate of drug-likeness (QED) is 0.426. The van der Waals surface area contributed by atoms with Gasteiger partial charge < -0.3 is 25.2 Å². The van der Waals surface area contributed by atoms with Crippen LogP contribution in [0.5, 0.6) is 17.2 Å². The minimum atomic E-state index is -0.456. The summed E-state index contributed by atoms with van der Waals surface area (Å²) in [5.74, 6) is 1.03. The van der Waals surface area contributed by atoms with Crippen molar-refractivity contribution >= 4 is 28.8 Å². The number of fused-ring (bicyclic) bond motifs is 1. The number of phenols is 1. The number of halogens is 1. The summed E-state index contributed by atoms with van der Waals surface area (Å²) in [7, 11) is 3.11. The Bertz CT molecular complexity index is 1290. The average molecular weight is 477 g/mol. The standard InChI is InChI=1S/C27H25ClN2O4/c1-33-18-9-7-15(8-10-18)16-12-22-25(23(31)13-16)26(30-21-6-4-3-5-20(21)29-22)17-11-19(28)27(32)24(14-17)34-2/h3-11,14,16,26,29-30,32H,12-13H2,1-2H3. The zero-order chi connectivity index (χ0) is 23.8. The first kappa shape index (κ1) is 22.2. The van der Waals surface area contributed by atoms with Gasteiger partial charge >= 0.3 is 0 Å². The molecule has 0 fully saturated rings. The van der Waals surface area contributed by atoms with Crippen molar-refractivity contribution in [2.45, 2.75) is 24.8 Å². The van der Waals surface area contributed by atoms with E-state index in [9.17, 15) is 9.90 Å². The van der Waals surface area contributed by atoms with Gasteiger partial charge in [-0.15, -0.1) is 0 Å². The van der Waals surface area contributed by atoms with Crippen LogP contribution in [-0.4, -0.2) is 25.1 Å². The molecule has 5 rings (SSSR count). The van der Waals surface area contributed by atoms with E-state index in [1.807, 2.05) is 48.5 Å². The van der Waals surface area contributed by atoms with E-state index < -0.39 is 6.04 Å². The predicted octanol–water partition coefficient (Wildman–Crippen LogP) is 6.04. The minimum absolute atomic E-state index is 0.0495. The van der Waals surface area contributed by atoms with E-state index in [-0.39, 0.29) is 28.2 Å². The largest absolute Gasteiger partial charge is 0.503 e. The van der Waals surface area contributed by atoms with Crippen molar-refractivity contribution in [2.24, 2.45) is 0 Å². The number of Topliss-reactive ketones (excluding diaryl/α,β-unsaturated/α-hetero) is 1. The molecule has 34 heavy (non-hydrogen) atoms. The summed E-state index contributed by atoms with van der Waals surface area (Å²) >= 11 is 6.31. The molecule has 1 aliphatic carbocycles. The Labute approximate surface area is 203 Å². The first-order valence-electron chi connectivity index (χ1n) is 11.1. The summed E-state index contributed by atoms with van der Waals surface area (Å²) < 4.78 is 10.6. The molecule has 2 aliphatic rings. The number of carbonyl (C=O) groups excluding carboxylic acids is 1. The van der Waals surface area contributed by atoms with E-state index in [2.05, 4.69) is 10.6 Å². The van der Waals surface area contributed by atoms with Crippen LogP contribution in [0.1, 0.15) is 35.9 Å². The molecule has 0 spiro atoms. The molecule has 1 heterocycles. The third-order valence-electron chi connectivity index (χ3n) is 6.50. The number of anilines is 2. The summed E-state index contributed by atoms with van der Waals surface area (Å²) in [5, 5.41) is 17.5. The van der Waals surface area contributed by atoms with Crippen LogP contribution in [0.15, 0.2) is 71.9 Å². The van der Waals surface area contributed by atoms with E-state index in [1.165, 1.54) is 7.11 Å². The first-order chi connectivity index (χ1) is 16.5. The average Bonchev–Trinajstić information content (AvgIpc) is 3.02. The second kappa shape index (κ2) is 8.95. The van der Waals surface area contributed by atoms with E-state index in [4.69, 9.17) is 21.1 Å². The number of nitrogens with one attached hydrogen (secondary N) is 2. The lowest BCUT2D eigenvalue weighted by molar-refractivity contribution is -0.116. The van der Waals surface area contributed by atoms with E-state index in [0.29, 0.717) is 18.4 Å². The number of carbonyl (C=O) groups is 1. The molecule has 7 heteroatoms. The lowest BCUT2D eigenvalue weighted by Gasteiger charge is -2.30. The van der Waals surface area contributed by atoms with Crippen LogP contribution in [0.4, 0.5) is 11.4 Å². The molecule has 3 aromatic rings. The summed E-state index contributed by atoms with van der Waals surface area (Å²) in [5.41, 5.74) is 5.16. The highest BCUT2D eigenvalue weighted by atomic mass is 35.5. The molecule has 0 bridgehead atoms. The summed E-state index contributed by atoms with van der Waals surface area (Å²) in [6.07, 6.45) is 1.08. The number of phenolic OH excluding ortho intramolecular Hbond substituents is 1. The first-order valence-corrected chi connectivity index (χ1v) is 11.5. The number of hydrogen-bond donors (Lipinski definition) is 3. The fraction of sp³-hybridized carbons (Fsp3) is 0.222. The monoisotopic (exact) mass is 476 g/mol. The number of allylic oxidation sites excluding steroid dienone is 1. The lowest BCUT2D eigenvalue weighted by atomic mass is 9.78. The Morgan fingerprint density at radius 2 is 1.68 bits per heavy atom. The second-order valence-electron chi connectivity index (χ2n) is 8.50. The van der Waals surface area contributed by atoms with Gasteiger partial charge in [0.25, 0.3) is 0 Å². The Hall–Kier alpha value is -3.64. The molecule has 0 aromatic heterocycles. The number of methoxy groups -OCH3 is 2. The number of benzene rings is 3. The molecular formula is C27H25ClN2O4. The molecular weight excluding hydrogens is 452 g/mol. The Kier molecular flexibility index (Phi) is 5.84. The van der Waals surface area contributed by atoms with Crippen LogP contribution in [-0.2, 0) is 4.79 Å². The van der Waals surface area contributed by atoms with Crippen LogP contribution in [0.2, 0.25) is 5.02 Å². The topological polar surface area (TPSA) is 79.8 Å². The maximum absolute atomic E-state index is 13.7. The Balaban J connectivity index is 1.61. The molecule has 3 aromatic carbocycles. The number of ether oxygens (including phenoxy) is 2. The SMILES string of the molecule is COc1ccc(C2CC(=O)C3=C(C2)Nc2ccccc2NC3c2cc(Cl)c(O)c(OC)c2)cc1. The zero-order valence-corrected chi connectivity index (χ0v) is 19.6. The number of para-hydroxylation sites is 2. The highest BCUT2D eigenvalue weighted by Gasteiger charge is 2.36. The summed E-state index contributed by atoms with van der Waals surface area (Å²) in [6.45, 7) is 0. The van der Waals surface area contributed by atoms with Gasteiger partial charge in [-0.05, 0) is 59.9 Å². The maximum atomic E-state index is 13.7. The van der Waals surface area contributed by atoms with Crippen molar-refractivity contribution in [3.05, 3.63) is 88.1 Å². The summed E-state index contributed by atoms with van der Waals surface area (Å²) in [4.78, 5) is 13.7.